The van der Waals surface area contributed by atoms with Gasteiger partial charge in [-0.15, -0.1) is 11.3 Å². The molecule has 0 radical (unpaired) electrons. The minimum atomic E-state index is -0.170. The summed E-state index contributed by atoms with van der Waals surface area (Å²) in [6.45, 7) is 1.43. The van der Waals surface area contributed by atoms with Gasteiger partial charge in [0.15, 0.2) is 5.13 Å². The number of rotatable bonds is 3. The monoisotopic (exact) mass is 309 g/mol. The lowest BCUT2D eigenvalue weighted by Crippen LogP contribution is -2.37. The first-order valence-electron chi connectivity index (χ1n) is 7.58. The number of nitrogens with one attached hydrogen (secondary N) is 1. The highest BCUT2D eigenvalue weighted by molar-refractivity contribution is 7.14. The molecule has 5 nitrogen and oxygen atoms in total. The van der Waals surface area contributed by atoms with Gasteiger partial charge in [-0.25, -0.2) is 4.98 Å². The number of carbonyl (C=O) groups excluding carboxylic acids is 2. The quantitative estimate of drug-likeness (QED) is 0.932. The van der Waals surface area contributed by atoms with Gasteiger partial charge in [0.2, 0.25) is 5.91 Å². The van der Waals surface area contributed by atoms with E-state index in [0.29, 0.717) is 16.9 Å². The number of amides is 2. The van der Waals surface area contributed by atoms with Crippen LogP contribution < -0.4 is 5.32 Å². The molecule has 2 rings (SSSR count). The Morgan fingerprint density at radius 1 is 1.24 bits per heavy atom. The van der Waals surface area contributed by atoms with Crippen LogP contribution in [-0.2, 0) is 4.79 Å². The van der Waals surface area contributed by atoms with E-state index in [0.717, 1.165) is 12.8 Å². The first kappa shape index (κ1) is 15.9. The molecule has 1 aliphatic rings. The Labute approximate surface area is 129 Å². The Morgan fingerprint density at radius 2 is 1.86 bits per heavy atom. The molecule has 1 N–H and O–H groups in total. The number of anilines is 1. The molecule has 2 amide bonds. The second-order valence-corrected chi connectivity index (χ2v) is 6.49. The fourth-order valence-corrected chi connectivity index (χ4v) is 3.48. The topological polar surface area (TPSA) is 62.3 Å². The molecule has 0 bridgehead atoms. The van der Waals surface area contributed by atoms with Gasteiger partial charge in [-0.3, -0.25) is 9.59 Å². The Morgan fingerprint density at radius 3 is 2.48 bits per heavy atom. The van der Waals surface area contributed by atoms with Crippen LogP contribution in [0.4, 0.5) is 5.13 Å². The molecule has 21 heavy (non-hydrogen) atoms. The molecule has 1 aromatic rings. The van der Waals surface area contributed by atoms with Crippen LogP contribution in [-0.4, -0.2) is 34.8 Å². The summed E-state index contributed by atoms with van der Waals surface area (Å²) in [5.74, 6) is -0.217. The van der Waals surface area contributed by atoms with Crippen LogP contribution in [0.3, 0.4) is 0 Å². The summed E-state index contributed by atoms with van der Waals surface area (Å²) < 4.78 is 0. The lowest BCUT2D eigenvalue weighted by Gasteiger charge is -2.29. The summed E-state index contributed by atoms with van der Waals surface area (Å²) in [6, 6.07) is 0.309. The molecule has 116 valence electrons. The van der Waals surface area contributed by atoms with E-state index < -0.39 is 0 Å². The summed E-state index contributed by atoms with van der Waals surface area (Å²) in [7, 11) is 1.87. The summed E-state index contributed by atoms with van der Waals surface area (Å²) in [5, 5.41) is 4.81. The maximum Gasteiger partial charge on any atom is 0.273 e. The number of thiazole rings is 1. The third kappa shape index (κ3) is 4.52. The van der Waals surface area contributed by atoms with E-state index in [4.69, 9.17) is 0 Å². The van der Waals surface area contributed by atoms with Gasteiger partial charge in [-0.2, -0.15) is 0 Å². The van der Waals surface area contributed by atoms with Gasteiger partial charge in [0.25, 0.3) is 5.91 Å². The number of nitrogens with zero attached hydrogens (tertiary/aromatic N) is 2. The van der Waals surface area contributed by atoms with E-state index >= 15 is 0 Å². The van der Waals surface area contributed by atoms with E-state index in [2.05, 4.69) is 10.3 Å². The van der Waals surface area contributed by atoms with Gasteiger partial charge in [0.05, 0.1) is 0 Å². The summed E-state index contributed by atoms with van der Waals surface area (Å²) in [6.07, 6.45) is 8.38. The average Bonchev–Trinajstić information content (AvgIpc) is 2.84. The maximum atomic E-state index is 12.5. The van der Waals surface area contributed by atoms with Gasteiger partial charge in [-0.05, 0) is 12.8 Å². The van der Waals surface area contributed by atoms with Crippen molar-refractivity contribution in [2.45, 2.75) is 57.9 Å². The molecule has 1 aromatic heterocycles. The van der Waals surface area contributed by atoms with Crippen molar-refractivity contribution in [3.63, 3.8) is 0 Å². The zero-order valence-corrected chi connectivity index (χ0v) is 13.5. The molecule has 0 saturated heterocycles. The van der Waals surface area contributed by atoms with Crippen molar-refractivity contribution in [2.24, 2.45) is 0 Å². The molecule has 1 heterocycles. The smallest absolute Gasteiger partial charge is 0.273 e. The number of hydrogen-bond donors (Lipinski definition) is 1. The highest BCUT2D eigenvalue weighted by Gasteiger charge is 2.23. The number of hydrogen-bond acceptors (Lipinski definition) is 4. The largest absolute Gasteiger partial charge is 0.337 e. The van der Waals surface area contributed by atoms with Crippen molar-refractivity contribution in [1.29, 1.82) is 0 Å². The van der Waals surface area contributed by atoms with Crippen LogP contribution in [0.5, 0.6) is 0 Å². The van der Waals surface area contributed by atoms with Crippen LogP contribution in [0.15, 0.2) is 5.38 Å². The standard InChI is InChI=1S/C15H23N3O2S/c1-11(19)16-15-17-13(10-21-15)14(20)18(2)12-8-6-4-3-5-7-9-12/h10,12H,3-9H2,1-2H3,(H,16,17,19). The zero-order valence-electron chi connectivity index (χ0n) is 12.7. The van der Waals surface area contributed by atoms with Crippen LogP contribution in [0.1, 0.15) is 62.4 Å². The van der Waals surface area contributed by atoms with Gasteiger partial charge >= 0.3 is 0 Å². The van der Waals surface area contributed by atoms with Crippen molar-refractivity contribution in [2.75, 3.05) is 12.4 Å². The molecular formula is C15H23N3O2S. The zero-order chi connectivity index (χ0) is 15.2. The van der Waals surface area contributed by atoms with Crippen molar-refractivity contribution >= 4 is 28.3 Å². The Hall–Kier alpha value is -1.43. The van der Waals surface area contributed by atoms with Crippen LogP contribution >= 0.6 is 11.3 Å². The lowest BCUT2D eigenvalue weighted by atomic mass is 9.96. The molecular weight excluding hydrogens is 286 g/mol. The van der Waals surface area contributed by atoms with Gasteiger partial charge in [0, 0.05) is 25.4 Å². The minimum absolute atomic E-state index is 0.0478. The van der Waals surface area contributed by atoms with E-state index in [-0.39, 0.29) is 11.8 Å². The molecule has 1 fully saturated rings. The average molecular weight is 309 g/mol. The molecule has 1 saturated carbocycles. The third-order valence-electron chi connectivity index (χ3n) is 3.95. The highest BCUT2D eigenvalue weighted by atomic mass is 32.1. The summed E-state index contributed by atoms with van der Waals surface area (Å²) >= 11 is 1.29. The molecule has 0 aromatic carbocycles. The Balaban J connectivity index is 2.00. The lowest BCUT2D eigenvalue weighted by molar-refractivity contribution is -0.114. The van der Waals surface area contributed by atoms with E-state index in [9.17, 15) is 9.59 Å². The van der Waals surface area contributed by atoms with Crippen molar-refractivity contribution in [3.05, 3.63) is 11.1 Å². The van der Waals surface area contributed by atoms with Crippen molar-refractivity contribution < 1.29 is 9.59 Å². The second kappa shape index (κ2) is 7.54. The highest BCUT2D eigenvalue weighted by Crippen LogP contribution is 2.23. The van der Waals surface area contributed by atoms with Crippen molar-refractivity contribution in [3.8, 4) is 0 Å². The first-order chi connectivity index (χ1) is 10.1. The third-order valence-corrected chi connectivity index (χ3v) is 4.71. The molecule has 0 unspecified atom stereocenters. The predicted octanol–water partition coefficient (Wildman–Crippen LogP) is 3.29. The fourth-order valence-electron chi connectivity index (χ4n) is 2.75. The fraction of sp³-hybridized carbons (Fsp3) is 0.667. The minimum Gasteiger partial charge on any atom is -0.337 e. The SMILES string of the molecule is CC(=O)Nc1nc(C(=O)N(C)C2CCCCCCC2)cs1. The number of carbonyl (C=O) groups is 2. The van der Waals surface area contributed by atoms with Crippen LogP contribution in [0.25, 0.3) is 0 Å². The van der Waals surface area contributed by atoms with Gasteiger partial charge in [-0.1, -0.05) is 32.1 Å². The van der Waals surface area contributed by atoms with Crippen LogP contribution in [0.2, 0.25) is 0 Å². The molecule has 6 heteroatoms. The van der Waals surface area contributed by atoms with E-state index in [1.54, 1.807) is 5.38 Å². The van der Waals surface area contributed by atoms with E-state index in [1.807, 2.05) is 11.9 Å². The summed E-state index contributed by atoms with van der Waals surface area (Å²) in [5.41, 5.74) is 0.424. The van der Waals surface area contributed by atoms with Gasteiger partial charge in [0.1, 0.15) is 5.69 Å². The Bertz CT molecular complexity index is 493. The van der Waals surface area contributed by atoms with E-state index in [1.165, 1.54) is 50.4 Å². The first-order valence-corrected chi connectivity index (χ1v) is 8.46. The predicted molar refractivity (Wildman–Crippen MR) is 84.6 cm³/mol. The maximum absolute atomic E-state index is 12.5. The van der Waals surface area contributed by atoms with Crippen LogP contribution in [0, 0.1) is 0 Å². The molecule has 1 aliphatic carbocycles. The second-order valence-electron chi connectivity index (χ2n) is 5.63. The van der Waals surface area contributed by atoms with Crippen molar-refractivity contribution in [1.82, 2.24) is 9.88 Å². The normalized spacial score (nSPS) is 16.9. The Kier molecular flexibility index (Phi) is 5.73. The number of aromatic nitrogens is 1. The molecule has 0 atom stereocenters. The molecule has 0 spiro atoms. The van der Waals surface area contributed by atoms with Gasteiger partial charge < -0.3 is 10.2 Å². The summed E-state index contributed by atoms with van der Waals surface area (Å²) in [4.78, 5) is 29.5. The molecule has 0 aliphatic heterocycles.